The number of hydrogen-bond donors (Lipinski definition) is 0. The summed E-state index contributed by atoms with van der Waals surface area (Å²) in [4.78, 5) is 33.4. The average molecular weight is 490 g/mol. The number of aryl methyl sites for hydroxylation is 2. The van der Waals surface area contributed by atoms with E-state index in [4.69, 9.17) is 9.47 Å². The van der Waals surface area contributed by atoms with Crippen LogP contribution in [0.3, 0.4) is 0 Å². The quantitative estimate of drug-likeness (QED) is 0.401. The van der Waals surface area contributed by atoms with Crippen LogP contribution in [0.2, 0.25) is 0 Å². The van der Waals surface area contributed by atoms with Crippen LogP contribution in [0.4, 0.5) is 0 Å². The molecule has 5 rings (SSSR count). The molecular weight excluding hydrogens is 462 g/mol. The molecular formula is C27H27N3O4S. The monoisotopic (exact) mass is 489 g/mol. The number of thiophene rings is 1. The number of fused-ring (bicyclic) bond motifs is 2. The number of rotatable bonds is 6. The van der Waals surface area contributed by atoms with Gasteiger partial charge in [-0.2, -0.15) is 0 Å². The molecule has 0 aliphatic carbocycles. The van der Waals surface area contributed by atoms with Crippen molar-refractivity contribution >= 4 is 27.5 Å². The highest BCUT2D eigenvalue weighted by molar-refractivity contribution is 7.17. The zero-order chi connectivity index (χ0) is 24.5. The molecule has 4 aromatic rings. The lowest BCUT2D eigenvalue weighted by Crippen LogP contribution is -2.37. The van der Waals surface area contributed by atoms with Gasteiger partial charge in [0, 0.05) is 37.0 Å². The molecule has 0 saturated carbocycles. The van der Waals surface area contributed by atoms with E-state index < -0.39 is 0 Å². The summed E-state index contributed by atoms with van der Waals surface area (Å²) in [5, 5.41) is 2.59. The van der Waals surface area contributed by atoms with Crippen molar-refractivity contribution in [2.75, 3.05) is 20.8 Å². The number of ether oxygens (including phenoxy) is 2. The molecule has 35 heavy (non-hydrogen) atoms. The second kappa shape index (κ2) is 9.54. The molecule has 0 radical (unpaired) electrons. The van der Waals surface area contributed by atoms with E-state index in [-0.39, 0.29) is 17.9 Å². The summed E-state index contributed by atoms with van der Waals surface area (Å²) in [7, 11) is 3.23. The zero-order valence-corrected chi connectivity index (χ0v) is 20.9. The molecule has 0 bridgehead atoms. The van der Waals surface area contributed by atoms with E-state index in [0.29, 0.717) is 41.3 Å². The lowest BCUT2D eigenvalue weighted by atomic mass is 9.98. The Morgan fingerprint density at radius 1 is 1.09 bits per heavy atom. The van der Waals surface area contributed by atoms with Crippen molar-refractivity contribution in [2.45, 2.75) is 32.9 Å². The number of benzene rings is 2. The minimum absolute atomic E-state index is 0.0153. The van der Waals surface area contributed by atoms with E-state index in [1.54, 1.807) is 25.1 Å². The Hall–Kier alpha value is -3.65. The fourth-order valence-corrected chi connectivity index (χ4v) is 5.45. The van der Waals surface area contributed by atoms with Crippen molar-refractivity contribution < 1.29 is 14.3 Å². The van der Waals surface area contributed by atoms with Gasteiger partial charge in [-0.1, -0.05) is 29.8 Å². The molecule has 0 atom stereocenters. The minimum Gasteiger partial charge on any atom is -0.493 e. The van der Waals surface area contributed by atoms with Gasteiger partial charge in [-0.25, -0.2) is 4.98 Å². The summed E-state index contributed by atoms with van der Waals surface area (Å²) in [6, 6.07) is 12.1. The normalized spacial score (nSPS) is 13.1. The molecule has 3 heterocycles. The maximum Gasteiger partial charge on any atom is 0.262 e. The molecule has 1 aliphatic rings. The number of amides is 1. The van der Waals surface area contributed by atoms with E-state index in [2.05, 4.69) is 4.98 Å². The highest BCUT2D eigenvalue weighted by Crippen LogP contribution is 2.33. The van der Waals surface area contributed by atoms with Gasteiger partial charge in [0.25, 0.3) is 5.56 Å². The van der Waals surface area contributed by atoms with Gasteiger partial charge >= 0.3 is 0 Å². The van der Waals surface area contributed by atoms with E-state index in [0.717, 1.165) is 23.1 Å². The Kier molecular flexibility index (Phi) is 6.30. The number of aromatic nitrogens is 2. The molecule has 0 unspecified atom stereocenters. The molecule has 180 valence electrons. The molecule has 0 N–H and O–H groups in total. The molecule has 1 amide bonds. The average Bonchev–Trinajstić information content (AvgIpc) is 3.32. The maximum atomic E-state index is 13.3. The predicted molar refractivity (Wildman–Crippen MR) is 137 cm³/mol. The van der Waals surface area contributed by atoms with Crippen LogP contribution in [0.15, 0.2) is 52.9 Å². The fraction of sp³-hybridized carbons (Fsp3) is 0.296. The molecule has 0 fully saturated rings. The second-order valence-electron chi connectivity index (χ2n) is 8.73. The summed E-state index contributed by atoms with van der Waals surface area (Å²) in [5.41, 5.74) is 5.16. The van der Waals surface area contributed by atoms with E-state index >= 15 is 0 Å². The van der Waals surface area contributed by atoms with Gasteiger partial charge in [0.2, 0.25) is 5.91 Å². The number of methoxy groups -OCH3 is 2. The highest BCUT2D eigenvalue weighted by Gasteiger charge is 2.23. The first-order valence-corrected chi connectivity index (χ1v) is 12.4. The lowest BCUT2D eigenvalue weighted by molar-refractivity contribution is -0.132. The minimum atomic E-state index is -0.111. The third-order valence-corrected chi connectivity index (χ3v) is 7.45. The number of carbonyl (C=O) groups is 1. The van der Waals surface area contributed by atoms with Crippen molar-refractivity contribution in [3.8, 4) is 22.6 Å². The van der Waals surface area contributed by atoms with Crippen LogP contribution < -0.4 is 15.0 Å². The number of hydrogen-bond acceptors (Lipinski definition) is 6. The third-order valence-electron chi connectivity index (χ3n) is 6.56. The Morgan fingerprint density at radius 3 is 2.51 bits per heavy atom. The van der Waals surface area contributed by atoms with Crippen molar-refractivity contribution in [3.05, 3.63) is 75.1 Å². The Bertz CT molecular complexity index is 1460. The predicted octanol–water partition coefficient (Wildman–Crippen LogP) is 4.43. The van der Waals surface area contributed by atoms with Gasteiger partial charge in [0.1, 0.15) is 4.83 Å². The van der Waals surface area contributed by atoms with Crippen molar-refractivity contribution in [2.24, 2.45) is 0 Å². The zero-order valence-electron chi connectivity index (χ0n) is 20.0. The SMILES string of the molecule is COc1cc2c(cc1OC)CN(C(=O)CCn1cnc3scc(-c4ccc(C)cc4)c3c1=O)CC2. The Balaban J connectivity index is 1.33. The smallest absolute Gasteiger partial charge is 0.262 e. The fourth-order valence-electron chi connectivity index (χ4n) is 4.54. The van der Waals surface area contributed by atoms with Crippen LogP contribution in [-0.4, -0.2) is 41.1 Å². The van der Waals surface area contributed by atoms with Gasteiger partial charge in [-0.3, -0.25) is 14.2 Å². The summed E-state index contributed by atoms with van der Waals surface area (Å²) >= 11 is 1.46. The summed E-state index contributed by atoms with van der Waals surface area (Å²) in [5.74, 6) is 1.37. The van der Waals surface area contributed by atoms with Crippen LogP contribution in [0, 0.1) is 6.92 Å². The first-order valence-electron chi connectivity index (χ1n) is 11.5. The van der Waals surface area contributed by atoms with Gasteiger partial charge in [0.05, 0.1) is 25.9 Å². The van der Waals surface area contributed by atoms with Crippen molar-refractivity contribution in [1.82, 2.24) is 14.5 Å². The highest BCUT2D eigenvalue weighted by atomic mass is 32.1. The van der Waals surface area contributed by atoms with Crippen LogP contribution in [-0.2, 0) is 24.3 Å². The van der Waals surface area contributed by atoms with E-state index in [1.807, 2.05) is 53.6 Å². The van der Waals surface area contributed by atoms with Crippen LogP contribution in [0.25, 0.3) is 21.3 Å². The van der Waals surface area contributed by atoms with Crippen molar-refractivity contribution in [1.29, 1.82) is 0 Å². The molecule has 2 aromatic heterocycles. The largest absolute Gasteiger partial charge is 0.493 e. The summed E-state index contributed by atoms with van der Waals surface area (Å²) in [6.45, 7) is 3.48. The van der Waals surface area contributed by atoms with Gasteiger partial charge in [0.15, 0.2) is 11.5 Å². The molecule has 1 aliphatic heterocycles. The summed E-state index contributed by atoms with van der Waals surface area (Å²) < 4.78 is 12.4. The Morgan fingerprint density at radius 2 is 1.80 bits per heavy atom. The topological polar surface area (TPSA) is 73.7 Å². The molecule has 0 spiro atoms. The first-order chi connectivity index (χ1) is 17.0. The Labute approximate surface area is 207 Å². The van der Waals surface area contributed by atoms with Gasteiger partial charge in [-0.05, 0) is 42.2 Å². The van der Waals surface area contributed by atoms with Crippen LogP contribution >= 0.6 is 11.3 Å². The third kappa shape index (κ3) is 4.41. The summed E-state index contributed by atoms with van der Waals surface area (Å²) in [6.07, 6.45) is 2.54. The van der Waals surface area contributed by atoms with Gasteiger partial charge in [-0.15, -0.1) is 11.3 Å². The lowest BCUT2D eigenvalue weighted by Gasteiger charge is -2.29. The van der Waals surface area contributed by atoms with Crippen molar-refractivity contribution in [3.63, 3.8) is 0 Å². The standard InChI is InChI=1S/C27H27N3O4S/c1-17-4-6-18(7-5-17)21-15-35-26-25(21)27(32)30(16-28-26)11-9-24(31)29-10-8-19-12-22(33-2)23(34-3)13-20(19)14-29/h4-7,12-13,15-16H,8-11,14H2,1-3H3. The second-order valence-corrected chi connectivity index (χ2v) is 9.59. The number of nitrogens with zero attached hydrogens (tertiary/aromatic N) is 3. The van der Waals surface area contributed by atoms with Crippen LogP contribution in [0.5, 0.6) is 11.5 Å². The number of carbonyl (C=O) groups excluding carboxylic acids is 1. The van der Waals surface area contributed by atoms with Crippen LogP contribution in [0.1, 0.15) is 23.1 Å². The van der Waals surface area contributed by atoms with E-state index in [1.165, 1.54) is 22.5 Å². The van der Waals surface area contributed by atoms with E-state index in [9.17, 15) is 9.59 Å². The molecule has 8 heteroatoms. The maximum absolute atomic E-state index is 13.3. The van der Waals surface area contributed by atoms with Gasteiger partial charge < -0.3 is 14.4 Å². The first kappa shape index (κ1) is 23.1. The molecule has 2 aromatic carbocycles. The molecule has 0 saturated heterocycles. The molecule has 7 nitrogen and oxygen atoms in total.